The Balaban J connectivity index is 1.81. The molecular weight excluding hydrogens is 333 g/mol. The van der Waals surface area contributed by atoms with Crippen LogP contribution in [0.15, 0.2) is 48.5 Å². The normalized spacial score (nSPS) is 12.3. The van der Waals surface area contributed by atoms with E-state index >= 15 is 0 Å². The van der Waals surface area contributed by atoms with Crippen LogP contribution in [0.2, 0.25) is 0 Å². The van der Waals surface area contributed by atoms with Crippen LogP contribution in [0, 0.1) is 5.82 Å². The lowest BCUT2D eigenvalue weighted by Gasteiger charge is -2.21. The Morgan fingerprint density at radius 2 is 1.77 bits per heavy atom. The standard InChI is InChI=1S/C19H20FN5O/c1-25(2)12-11-15(13-7-9-14(20)10-8-13)22-19(26)18-21-16-5-3-4-6-17(16)23-24-18/h3-10,15H,11-12H2,1-2H3,(H,22,26). The molecule has 7 heteroatoms. The number of aromatic nitrogens is 3. The molecule has 1 heterocycles. The maximum Gasteiger partial charge on any atom is 0.291 e. The van der Waals surface area contributed by atoms with E-state index < -0.39 is 5.91 Å². The zero-order valence-corrected chi connectivity index (χ0v) is 14.7. The third-order valence-corrected chi connectivity index (χ3v) is 4.01. The highest BCUT2D eigenvalue weighted by atomic mass is 19.1. The number of carbonyl (C=O) groups excluding carboxylic acids is 1. The highest BCUT2D eigenvalue weighted by molar-refractivity contribution is 5.92. The number of fused-ring (bicyclic) bond motifs is 1. The molecule has 2 aromatic carbocycles. The molecule has 134 valence electrons. The van der Waals surface area contributed by atoms with Gasteiger partial charge in [-0.25, -0.2) is 9.37 Å². The number of para-hydroxylation sites is 1. The SMILES string of the molecule is CN(C)CCC(NC(=O)c1nnc2ccccc2n1)c1ccc(F)cc1. The fourth-order valence-electron chi connectivity index (χ4n) is 2.60. The number of hydrogen-bond acceptors (Lipinski definition) is 5. The summed E-state index contributed by atoms with van der Waals surface area (Å²) in [6.45, 7) is 0.763. The number of rotatable bonds is 6. The van der Waals surface area contributed by atoms with E-state index in [2.05, 4.69) is 20.5 Å². The van der Waals surface area contributed by atoms with Crippen molar-refractivity contribution in [3.63, 3.8) is 0 Å². The summed E-state index contributed by atoms with van der Waals surface area (Å²) in [5.74, 6) is -0.703. The van der Waals surface area contributed by atoms with Crippen LogP contribution in [0.1, 0.15) is 28.6 Å². The number of benzene rings is 2. The molecule has 0 saturated carbocycles. The number of amides is 1. The molecule has 0 aliphatic heterocycles. The highest BCUT2D eigenvalue weighted by Crippen LogP contribution is 2.18. The summed E-state index contributed by atoms with van der Waals surface area (Å²) >= 11 is 0. The zero-order chi connectivity index (χ0) is 18.5. The summed E-state index contributed by atoms with van der Waals surface area (Å²) in [7, 11) is 3.92. The predicted octanol–water partition coefficient (Wildman–Crippen LogP) is 2.59. The maximum atomic E-state index is 13.2. The van der Waals surface area contributed by atoms with Crippen LogP contribution in [0.5, 0.6) is 0 Å². The molecule has 0 fully saturated rings. The van der Waals surface area contributed by atoms with Gasteiger partial charge < -0.3 is 10.2 Å². The van der Waals surface area contributed by atoms with Gasteiger partial charge in [-0.3, -0.25) is 4.79 Å². The molecule has 0 saturated heterocycles. The Bertz CT molecular complexity index is 898. The second-order valence-electron chi connectivity index (χ2n) is 6.29. The van der Waals surface area contributed by atoms with E-state index in [0.717, 1.165) is 12.1 Å². The van der Waals surface area contributed by atoms with Crippen molar-refractivity contribution >= 4 is 16.9 Å². The minimum Gasteiger partial charge on any atom is -0.342 e. The summed E-state index contributed by atoms with van der Waals surface area (Å²) in [5.41, 5.74) is 2.07. The Kier molecular flexibility index (Phi) is 5.48. The van der Waals surface area contributed by atoms with Crippen molar-refractivity contribution in [2.75, 3.05) is 20.6 Å². The molecule has 0 aliphatic carbocycles. The van der Waals surface area contributed by atoms with E-state index in [1.54, 1.807) is 24.3 Å². The van der Waals surface area contributed by atoms with Gasteiger partial charge in [-0.05, 0) is 56.9 Å². The van der Waals surface area contributed by atoms with E-state index in [-0.39, 0.29) is 17.7 Å². The van der Waals surface area contributed by atoms with Crippen LogP contribution in [0.3, 0.4) is 0 Å². The molecule has 0 bridgehead atoms. The molecule has 0 aliphatic rings. The highest BCUT2D eigenvalue weighted by Gasteiger charge is 2.19. The van der Waals surface area contributed by atoms with Gasteiger partial charge in [-0.1, -0.05) is 24.3 Å². The third-order valence-electron chi connectivity index (χ3n) is 4.01. The average Bonchev–Trinajstić information content (AvgIpc) is 2.65. The minimum absolute atomic E-state index is 0.0145. The zero-order valence-electron chi connectivity index (χ0n) is 14.7. The monoisotopic (exact) mass is 353 g/mol. The molecule has 26 heavy (non-hydrogen) atoms. The van der Waals surface area contributed by atoms with Crippen LogP contribution in [-0.4, -0.2) is 46.6 Å². The molecule has 1 atom stereocenters. The van der Waals surface area contributed by atoms with Crippen LogP contribution in [0.4, 0.5) is 4.39 Å². The fourth-order valence-corrected chi connectivity index (χ4v) is 2.60. The first kappa shape index (κ1) is 17.9. The van der Waals surface area contributed by atoms with Crippen molar-refractivity contribution in [3.05, 3.63) is 65.7 Å². The molecule has 1 unspecified atom stereocenters. The Hall–Kier alpha value is -2.93. The average molecular weight is 353 g/mol. The first-order chi connectivity index (χ1) is 12.5. The van der Waals surface area contributed by atoms with Crippen molar-refractivity contribution in [3.8, 4) is 0 Å². The van der Waals surface area contributed by atoms with Crippen LogP contribution >= 0.6 is 0 Å². The fraction of sp³-hybridized carbons (Fsp3) is 0.263. The van der Waals surface area contributed by atoms with Crippen molar-refractivity contribution < 1.29 is 9.18 Å². The van der Waals surface area contributed by atoms with Gasteiger partial charge in [0.1, 0.15) is 11.3 Å². The number of nitrogens with one attached hydrogen (secondary N) is 1. The van der Waals surface area contributed by atoms with E-state index in [1.165, 1.54) is 12.1 Å². The molecule has 1 amide bonds. The van der Waals surface area contributed by atoms with Gasteiger partial charge in [-0.15, -0.1) is 10.2 Å². The van der Waals surface area contributed by atoms with Crippen LogP contribution < -0.4 is 5.32 Å². The largest absolute Gasteiger partial charge is 0.342 e. The molecule has 0 spiro atoms. The van der Waals surface area contributed by atoms with Gasteiger partial charge in [0.05, 0.1) is 11.6 Å². The summed E-state index contributed by atoms with van der Waals surface area (Å²) in [6, 6.07) is 13.1. The topological polar surface area (TPSA) is 71.0 Å². The van der Waals surface area contributed by atoms with E-state index in [4.69, 9.17) is 0 Å². The summed E-state index contributed by atoms with van der Waals surface area (Å²) in [5, 5.41) is 10.9. The lowest BCUT2D eigenvalue weighted by Crippen LogP contribution is -2.32. The Labute approximate surface area is 151 Å². The van der Waals surface area contributed by atoms with Crippen LogP contribution in [0.25, 0.3) is 11.0 Å². The molecule has 0 radical (unpaired) electrons. The van der Waals surface area contributed by atoms with Gasteiger partial charge in [0, 0.05) is 0 Å². The predicted molar refractivity (Wildman–Crippen MR) is 97.1 cm³/mol. The Morgan fingerprint density at radius 3 is 2.46 bits per heavy atom. The molecule has 1 N–H and O–H groups in total. The van der Waals surface area contributed by atoms with Crippen molar-refractivity contribution in [2.45, 2.75) is 12.5 Å². The summed E-state index contributed by atoms with van der Waals surface area (Å²) in [4.78, 5) is 18.9. The van der Waals surface area contributed by atoms with Gasteiger partial charge >= 0.3 is 0 Å². The molecule has 6 nitrogen and oxygen atoms in total. The van der Waals surface area contributed by atoms with Gasteiger partial charge in [0.2, 0.25) is 5.82 Å². The summed E-state index contributed by atoms with van der Waals surface area (Å²) < 4.78 is 13.2. The second-order valence-corrected chi connectivity index (χ2v) is 6.29. The number of hydrogen-bond donors (Lipinski definition) is 1. The first-order valence-electron chi connectivity index (χ1n) is 8.33. The van der Waals surface area contributed by atoms with Gasteiger partial charge in [-0.2, -0.15) is 0 Å². The third kappa shape index (κ3) is 4.37. The van der Waals surface area contributed by atoms with E-state index in [0.29, 0.717) is 17.5 Å². The number of halogens is 1. The van der Waals surface area contributed by atoms with Crippen LogP contribution in [-0.2, 0) is 0 Å². The summed E-state index contributed by atoms with van der Waals surface area (Å²) in [6.07, 6.45) is 0.672. The smallest absolute Gasteiger partial charge is 0.291 e. The molecule has 1 aromatic heterocycles. The Morgan fingerprint density at radius 1 is 1.08 bits per heavy atom. The first-order valence-corrected chi connectivity index (χ1v) is 8.33. The number of nitrogens with zero attached hydrogens (tertiary/aromatic N) is 4. The van der Waals surface area contributed by atoms with Gasteiger partial charge in [0.15, 0.2) is 0 Å². The minimum atomic E-state index is -0.406. The molecule has 3 aromatic rings. The lowest BCUT2D eigenvalue weighted by molar-refractivity contribution is 0.0921. The quantitative estimate of drug-likeness (QED) is 0.737. The second kappa shape index (κ2) is 7.97. The van der Waals surface area contributed by atoms with Crippen molar-refractivity contribution in [1.29, 1.82) is 0 Å². The van der Waals surface area contributed by atoms with E-state index in [9.17, 15) is 9.18 Å². The van der Waals surface area contributed by atoms with Crippen molar-refractivity contribution in [1.82, 2.24) is 25.4 Å². The number of carbonyl (C=O) groups is 1. The van der Waals surface area contributed by atoms with Crippen molar-refractivity contribution in [2.24, 2.45) is 0 Å². The molecule has 3 rings (SSSR count). The van der Waals surface area contributed by atoms with Gasteiger partial charge in [0.25, 0.3) is 5.91 Å². The molecular formula is C19H20FN5O. The lowest BCUT2D eigenvalue weighted by atomic mass is 10.0. The van der Waals surface area contributed by atoms with E-state index in [1.807, 2.05) is 31.1 Å². The maximum absolute atomic E-state index is 13.2.